The van der Waals surface area contributed by atoms with Crippen LogP contribution in [0.15, 0.2) is 36.4 Å². The summed E-state index contributed by atoms with van der Waals surface area (Å²) in [6.07, 6.45) is -5.61. The van der Waals surface area contributed by atoms with Gasteiger partial charge in [-0.1, -0.05) is 52.3 Å². The Hall–Kier alpha value is -1.17. The molecule has 2 aromatic rings. The molecule has 108 valence electrons. The molecule has 20 heavy (non-hydrogen) atoms. The number of aryl methyl sites for hydroxylation is 1. The first-order valence-corrected chi connectivity index (χ1v) is 6.64. The van der Waals surface area contributed by atoms with Crippen molar-refractivity contribution in [2.75, 3.05) is 0 Å². The molecule has 0 saturated heterocycles. The zero-order valence-corrected chi connectivity index (χ0v) is 11.9. The van der Waals surface area contributed by atoms with Gasteiger partial charge in [0.2, 0.25) is 0 Å². The minimum absolute atomic E-state index is 0.0366. The monoisotopic (exact) mass is 352 g/mol. The maximum absolute atomic E-state index is 13.5. The highest BCUT2D eigenvalue weighted by Gasteiger charge is 2.62. The molecular weight excluding hydrogens is 343 g/mol. The minimum Gasteiger partial charge on any atom is -0.195 e. The lowest BCUT2D eigenvalue weighted by Crippen LogP contribution is -2.40. The topological polar surface area (TPSA) is 0 Å². The Morgan fingerprint density at radius 3 is 2.15 bits per heavy atom. The van der Waals surface area contributed by atoms with Gasteiger partial charge in [0.1, 0.15) is 4.83 Å². The number of hydrogen-bond donors (Lipinski definition) is 0. The molecule has 1 unspecified atom stereocenters. The highest BCUT2D eigenvalue weighted by molar-refractivity contribution is 9.09. The van der Waals surface area contributed by atoms with Gasteiger partial charge in [-0.2, -0.15) is 22.0 Å². The average Bonchev–Trinajstić information content (AvgIpc) is 2.36. The molecule has 0 aromatic heterocycles. The third kappa shape index (κ3) is 2.41. The summed E-state index contributed by atoms with van der Waals surface area (Å²) in [6, 6.07) is 9.75. The van der Waals surface area contributed by atoms with Crippen LogP contribution in [0, 0.1) is 6.92 Å². The second-order valence-electron chi connectivity index (χ2n) is 4.50. The molecule has 0 nitrogen and oxygen atoms in total. The van der Waals surface area contributed by atoms with Crippen LogP contribution >= 0.6 is 15.9 Å². The number of fused-ring (bicyclic) bond motifs is 1. The summed E-state index contributed by atoms with van der Waals surface area (Å²) >= 11 is 2.55. The fraction of sp³-hybridized carbons (Fsp3) is 0.286. The zero-order chi connectivity index (χ0) is 15.1. The van der Waals surface area contributed by atoms with Gasteiger partial charge in [0.05, 0.1) is 0 Å². The first kappa shape index (κ1) is 15.2. The highest BCUT2D eigenvalue weighted by Crippen LogP contribution is 2.50. The minimum atomic E-state index is -5.61. The number of halogens is 6. The molecule has 0 amide bonds. The van der Waals surface area contributed by atoms with Crippen molar-refractivity contribution < 1.29 is 22.0 Å². The molecule has 1 atom stereocenters. The fourth-order valence-electron chi connectivity index (χ4n) is 2.07. The fourth-order valence-corrected chi connectivity index (χ4v) is 2.93. The Labute approximate surface area is 120 Å². The molecule has 0 saturated carbocycles. The molecule has 2 rings (SSSR count). The highest BCUT2D eigenvalue weighted by atomic mass is 79.9. The third-order valence-corrected chi connectivity index (χ3v) is 4.17. The Morgan fingerprint density at radius 2 is 1.55 bits per heavy atom. The van der Waals surface area contributed by atoms with E-state index >= 15 is 0 Å². The molecule has 0 fully saturated rings. The standard InChI is InChI=1S/C14H10BrF5/c1-8-6-7-9-4-2-3-5-10(9)11(8)12(15)13(16,17)14(18,19)20/h2-7,12H,1H3. The van der Waals surface area contributed by atoms with E-state index in [1.54, 1.807) is 36.4 Å². The van der Waals surface area contributed by atoms with Crippen molar-refractivity contribution in [2.45, 2.75) is 23.8 Å². The van der Waals surface area contributed by atoms with Crippen LogP contribution in [-0.4, -0.2) is 12.1 Å². The molecule has 0 bridgehead atoms. The normalized spacial score (nSPS) is 14.6. The molecule has 6 heteroatoms. The van der Waals surface area contributed by atoms with Crippen LogP contribution in [-0.2, 0) is 0 Å². The van der Waals surface area contributed by atoms with E-state index in [9.17, 15) is 22.0 Å². The van der Waals surface area contributed by atoms with Crippen molar-refractivity contribution in [2.24, 2.45) is 0 Å². The van der Waals surface area contributed by atoms with Gasteiger partial charge in [-0.15, -0.1) is 0 Å². The Balaban J connectivity index is 2.66. The van der Waals surface area contributed by atoms with Crippen molar-refractivity contribution in [3.05, 3.63) is 47.5 Å². The predicted molar refractivity (Wildman–Crippen MR) is 71.4 cm³/mol. The average molecular weight is 353 g/mol. The van der Waals surface area contributed by atoms with Gasteiger partial charge in [-0.25, -0.2) is 0 Å². The van der Waals surface area contributed by atoms with Gasteiger partial charge in [-0.3, -0.25) is 0 Å². The molecule has 2 aromatic carbocycles. The molecule has 0 aliphatic rings. The second kappa shape index (κ2) is 4.98. The maximum Gasteiger partial charge on any atom is 0.454 e. The van der Waals surface area contributed by atoms with E-state index in [4.69, 9.17) is 0 Å². The largest absolute Gasteiger partial charge is 0.454 e. The van der Waals surface area contributed by atoms with E-state index < -0.39 is 16.9 Å². The molecule has 0 aliphatic heterocycles. The van der Waals surface area contributed by atoms with E-state index in [1.807, 2.05) is 0 Å². The molecule has 0 heterocycles. The van der Waals surface area contributed by atoms with Gasteiger partial charge in [-0.05, 0) is 28.8 Å². The van der Waals surface area contributed by atoms with E-state index in [2.05, 4.69) is 15.9 Å². The maximum atomic E-state index is 13.5. The van der Waals surface area contributed by atoms with E-state index in [1.165, 1.54) is 6.92 Å². The lowest BCUT2D eigenvalue weighted by molar-refractivity contribution is -0.281. The second-order valence-corrected chi connectivity index (χ2v) is 5.42. The van der Waals surface area contributed by atoms with Crippen LogP contribution in [0.1, 0.15) is 16.0 Å². The summed E-state index contributed by atoms with van der Waals surface area (Å²) < 4.78 is 64.7. The SMILES string of the molecule is Cc1ccc2ccccc2c1C(Br)C(F)(F)C(F)(F)F. The van der Waals surface area contributed by atoms with Gasteiger partial charge < -0.3 is 0 Å². The number of rotatable bonds is 2. The molecule has 0 radical (unpaired) electrons. The predicted octanol–water partition coefficient (Wildman–Crippen LogP) is 5.78. The van der Waals surface area contributed by atoms with Crippen LogP contribution in [0.3, 0.4) is 0 Å². The quantitative estimate of drug-likeness (QED) is 0.474. The van der Waals surface area contributed by atoms with E-state index in [0.29, 0.717) is 16.3 Å². The van der Waals surface area contributed by atoms with Crippen LogP contribution in [0.2, 0.25) is 0 Å². The van der Waals surface area contributed by atoms with Crippen molar-refractivity contribution in [3.8, 4) is 0 Å². The van der Waals surface area contributed by atoms with Gasteiger partial charge >= 0.3 is 12.1 Å². The smallest absolute Gasteiger partial charge is 0.195 e. The summed E-state index contributed by atoms with van der Waals surface area (Å²) in [5, 5.41) is 1.01. The molecule has 0 aliphatic carbocycles. The number of benzene rings is 2. The summed E-state index contributed by atoms with van der Waals surface area (Å²) in [7, 11) is 0. The summed E-state index contributed by atoms with van der Waals surface area (Å²) in [4.78, 5) is -2.12. The van der Waals surface area contributed by atoms with Crippen molar-refractivity contribution in [1.82, 2.24) is 0 Å². The zero-order valence-electron chi connectivity index (χ0n) is 10.3. The van der Waals surface area contributed by atoms with Crippen LogP contribution in [0.25, 0.3) is 10.8 Å². The molecule has 0 spiro atoms. The van der Waals surface area contributed by atoms with Crippen molar-refractivity contribution in [1.29, 1.82) is 0 Å². The number of hydrogen-bond acceptors (Lipinski definition) is 0. The van der Waals surface area contributed by atoms with Crippen LogP contribution < -0.4 is 0 Å². The summed E-state index contributed by atoms with van der Waals surface area (Å²) in [5.74, 6) is -4.85. The molecular formula is C14H10BrF5. The van der Waals surface area contributed by atoms with Gasteiger partial charge in [0, 0.05) is 0 Å². The van der Waals surface area contributed by atoms with Crippen molar-refractivity contribution in [3.63, 3.8) is 0 Å². The lowest BCUT2D eigenvalue weighted by Gasteiger charge is -2.26. The Bertz CT molecular complexity index is 633. The van der Waals surface area contributed by atoms with Gasteiger partial charge in [0.25, 0.3) is 0 Å². The van der Waals surface area contributed by atoms with Gasteiger partial charge in [0.15, 0.2) is 0 Å². The van der Waals surface area contributed by atoms with Crippen LogP contribution in [0.4, 0.5) is 22.0 Å². The first-order valence-electron chi connectivity index (χ1n) is 5.73. The third-order valence-electron chi connectivity index (χ3n) is 3.14. The summed E-state index contributed by atoms with van der Waals surface area (Å²) in [5.41, 5.74) is 0.347. The number of alkyl halides is 6. The van der Waals surface area contributed by atoms with Crippen molar-refractivity contribution >= 4 is 26.7 Å². The lowest BCUT2D eigenvalue weighted by atomic mass is 9.94. The Morgan fingerprint density at radius 1 is 0.950 bits per heavy atom. The van der Waals surface area contributed by atoms with E-state index in [-0.39, 0.29) is 5.56 Å². The molecule has 0 N–H and O–H groups in total. The first-order chi connectivity index (χ1) is 9.16. The van der Waals surface area contributed by atoms with E-state index in [0.717, 1.165) is 0 Å². The Kier molecular flexibility index (Phi) is 3.79. The van der Waals surface area contributed by atoms with Crippen LogP contribution in [0.5, 0.6) is 0 Å². The summed E-state index contributed by atoms with van der Waals surface area (Å²) in [6.45, 7) is 1.52.